The predicted molar refractivity (Wildman–Crippen MR) is 96.1 cm³/mol. The first-order valence-electron chi connectivity index (χ1n) is 8.49. The molecule has 1 atom stereocenters. The minimum atomic E-state index is -0.215. The van der Waals surface area contributed by atoms with Crippen molar-refractivity contribution in [3.8, 4) is 17.5 Å². The van der Waals surface area contributed by atoms with Crippen molar-refractivity contribution in [2.24, 2.45) is 0 Å². The van der Waals surface area contributed by atoms with E-state index in [4.69, 9.17) is 0 Å². The first kappa shape index (κ1) is 16.0. The van der Waals surface area contributed by atoms with Gasteiger partial charge in [0.25, 0.3) is 5.91 Å². The van der Waals surface area contributed by atoms with Crippen LogP contribution in [-0.2, 0) is 6.54 Å². The summed E-state index contributed by atoms with van der Waals surface area (Å²) < 4.78 is 1.87. The van der Waals surface area contributed by atoms with Crippen molar-refractivity contribution in [1.82, 2.24) is 19.7 Å². The van der Waals surface area contributed by atoms with Crippen molar-refractivity contribution in [3.63, 3.8) is 0 Å². The van der Waals surface area contributed by atoms with Gasteiger partial charge in [0.1, 0.15) is 5.82 Å². The Morgan fingerprint density at radius 2 is 1.85 bits per heavy atom. The molecule has 1 aromatic heterocycles. The maximum Gasteiger partial charge on any atom is 0.255 e. The van der Waals surface area contributed by atoms with Gasteiger partial charge in [-0.25, -0.2) is 9.67 Å². The summed E-state index contributed by atoms with van der Waals surface area (Å²) in [5.74, 6) is 1.28. The van der Waals surface area contributed by atoms with Gasteiger partial charge >= 0.3 is 0 Å². The smallest absolute Gasteiger partial charge is 0.255 e. The molecule has 0 fully saturated rings. The minimum absolute atomic E-state index is 0.148. The van der Waals surface area contributed by atoms with E-state index in [0.717, 1.165) is 11.4 Å². The van der Waals surface area contributed by atoms with Gasteiger partial charge in [0.2, 0.25) is 0 Å². The van der Waals surface area contributed by atoms with Crippen LogP contribution in [0.25, 0.3) is 11.4 Å². The van der Waals surface area contributed by atoms with Crippen LogP contribution in [0.5, 0.6) is 0 Å². The summed E-state index contributed by atoms with van der Waals surface area (Å²) in [5.41, 5.74) is 1.77. The molecule has 0 N–H and O–H groups in total. The molecule has 1 amide bonds. The van der Waals surface area contributed by atoms with E-state index in [1.807, 2.05) is 41.9 Å². The molecule has 26 heavy (non-hydrogen) atoms. The summed E-state index contributed by atoms with van der Waals surface area (Å²) in [6.45, 7) is 3.06. The topological polar surface area (TPSA) is 74.8 Å². The van der Waals surface area contributed by atoms with Crippen LogP contribution in [0.3, 0.4) is 0 Å². The number of benzene rings is 2. The van der Waals surface area contributed by atoms with Gasteiger partial charge in [0, 0.05) is 12.1 Å². The average molecular weight is 343 g/mol. The second-order valence-electron chi connectivity index (χ2n) is 6.21. The van der Waals surface area contributed by atoms with Crippen LogP contribution < -0.4 is 0 Å². The monoisotopic (exact) mass is 343 g/mol. The third kappa shape index (κ3) is 2.64. The number of fused-ring (bicyclic) bond motifs is 1. The summed E-state index contributed by atoms with van der Waals surface area (Å²) in [5, 5.41) is 13.9. The number of hydrogen-bond acceptors (Lipinski definition) is 4. The summed E-state index contributed by atoms with van der Waals surface area (Å²) >= 11 is 0. The molecule has 0 unspecified atom stereocenters. The highest BCUT2D eigenvalue weighted by Crippen LogP contribution is 2.28. The lowest BCUT2D eigenvalue weighted by Crippen LogP contribution is -2.41. The Labute approximate surface area is 151 Å². The van der Waals surface area contributed by atoms with Crippen molar-refractivity contribution in [1.29, 1.82) is 5.26 Å². The molecule has 2 aromatic carbocycles. The zero-order valence-electron chi connectivity index (χ0n) is 14.3. The van der Waals surface area contributed by atoms with Gasteiger partial charge in [-0.05, 0) is 19.1 Å². The third-order valence-electron chi connectivity index (χ3n) is 4.66. The lowest BCUT2D eigenvalue weighted by atomic mass is 10.1. The average Bonchev–Trinajstić information content (AvgIpc) is 3.14. The van der Waals surface area contributed by atoms with Gasteiger partial charge in [0.05, 0.1) is 29.8 Å². The summed E-state index contributed by atoms with van der Waals surface area (Å²) in [4.78, 5) is 19.4. The van der Waals surface area contributed by atoms with Crippen molar-refractivity contribution in [2.75, 3.05) is 6.54 Å². The molecular weight excluding hydrogens is 326 g/mol. The van der Waals surface area contributed by atoms with E-state index >= 15 is 0 Å². The first-order valence-corrected chi connectivity index (χ1v) is 8.49. The van der Waals surface area contributed by atoms with Crippen molar-refractivity contribution < 1.29 is 4.79 Å². The number of rotatable bonds is 2. The Balaban J connectivity index is 1.66. The molecule has 2 heterocycles. The number of amides is 1. The number of carbonyl (C=O) groups is 1. The van der Waals surface area contributed by atoms with Crippen molar-refractivity contribution in [3.05, 3.63) is 71.5 Å². The SMILES string of the molecule is C[C@H]1c2nc(-c3ccccc3)nn2CCN1C(=O)c1ccccc1C#N. The Hall–Kier alpha value is -3.46. The van der Waals surface area contributed by atoms with E-state index in [-0.39, 0.29) is 11.9 Å². The maximum absolute atomic E-state index is 13.0. The minimum Gasteiger partial charge on any atom is -0.327 e. The molecule has 1 aliphatic rings. The Morgan fingerprint density at radius 1 is 1.12 bits per heavy atom. The molecule has 4 rings (SSSR count). The lowest BCUT2D eigenvalue weighted by molar-refractivity contribution is 0.0630. The van der Waals surface area contributed by atoms with Gasteiger partial charge in [-0.15, -0.1) is 0 Å². The zero-order valence-corrected chi connectivity index (χ0v) is 14.3. The van der Waals surface area contributed by atoms with E-state index in [9.17, 15) is 10.1 Å². The molecule has 1 aliphatic heterocycles. The quantitative estimate of drug-likeness (QED) is 0.717. The van der Waals surface area contributed by atoms with Crippen LogP contribution in [0.2, 0.25) is 0 Å². The van der Waals surface area contributed by atoms with Crippen LogP contribution >= 0.6 is 0 Å². The van der Waals surface area contributed by atoms with Gasteiger partial charge in [-0.3, -0.25) is 4.79 Å². The fourth-order valence-corrected chi connectivity index (χ4v) is 3.27. The van der Waals surface area contributed by atoms with Gasteiger partial charge in [-0.1, -0.05) is 42.5 Å². The number of aromatic nitrogens is 3. The first-order chi connectivity index (χ1) is 12.7. The molecule has 0 bridgehead atoms. The second-order valence-corrected chi connectivity index (χ2v) is 6.21. The number of nitriles is 1. The zero-order chi connectivity index (χ0) is 18.1. The summed E-state index contributed by atoms with van der Waals surface area (Å²) in [7, 11) is 0. The van der Waals surface area contributed by atoms with Crippen LogP contribution in [-0.4, -0.2) is 32.1 Å². The fourth-order valence-electron chi connectivity index (χ4n) is 3.27. The van der Waals surface area contributed by atoms with Gasteiger partial charge in [0.15, 0.2) is 5.82 Å². The Kier molecular flexibility index (Phi) is 3.98. The molecule has 6 heteroatoms. The van der Waals surface area contributed by atoms with E-state index in [2.05, 4.69) is 16.2 Å². The standard InChI is InChI=1S/C20H17N5O/c1-14-19-22-18(15-7-3-2-4-8-15)23-25(19)12-11-24(14)20(26)17-10-6-5-9-16(17)13-21/h2-10,14H,11-12H2,1H3/t14-/m0/s1. The van der Waals surface area contributed by atoms with Crippen LogP contribution in [0.15, 0.2) is 54.6 Å². The largest absolute Gasteiger partial charge is 0.327 e. The molecule has 0 saturated carbocycles. The van der Waals surface area contributed by atoms with E-state index in [0.29, 0.717) is 30.0 Å². The number of nitrogens with zero attached hydrogens (tertiary/aromatic N) is 5. The van der Waals surface area contributed by atoms with Crippen LogP contribution in [0.1, 0.15) is 34.7 Å². The molecule has 3 aromatic rings. The van der Waals surface area contributed by atoms with Crippen LogP contribution in [0, 0.1) is 11.3 Å². The Morgan fingerprint density at radius 3 is 2.62 bits per heavy atom. The van der Waals surface area contributed by atoms with Gasteiger partial charge < -0.3 is 4.90 Å². The highest BCUT2D eigenvalue weighted by Gasteiger charge is 2.32. The molecule has 6 nitrogen and oxygen atoms in total. The summed E-state index contributed by atoms with van der Waals surface area (Å²) in [6, 6.07) is 18.6. The number of carbonyl (C=O) groups excluding carboxylic acids is 1. The molecule has 0 radical (unpaired) electrons. The molecule has 128 valence electrons. The fraction of sp³-hybridized carbons (Fsp3) is 0.200. The van der Waals surface area contributed by atoms with E-state index < -0.39 is 0 Å². The second kappa shape index (κ2) is 6.45. The Bertz CT molecular complexity index is 1000. The van der Waals surface area contributed by atoms with Gasteiger partial charge in [-0.2, -0.15) is 10.4 Å². The molecule has 0 saturated heterocycles. The summed E-state index contributed by atoms with van der Waals surface area (Å²) in [6.07, 6.45) is 0. The third-order valence-corrected chi connectivity index (χ3v) is 4.66. The molecule has 0 aliphatic carbocycles. The van der Waals surface area contributed by atoms with E-state index in [1.165, 1.54) is 0 Å². The maximum atomic E-state index is 13.0. The highest BCUT2D eigenvalue weighted by molar-refractivity contribution is 5.96. The normalized spacial score (nSPS) is 16.0. The van der Waals surface area contributed by atoms with Crippen molar-refractivity contribution in [2.45, 2.75) is 19.5 Å². The molecular formula is C20H17N5O. The van der Waals surface area contributed by atoms with E-state index in [1.54, 1.807) is 29.2 Å². The highest BCUT2D eigenvalue weighted by atomic mass is 16.2. The molecule has 0 spiro atoms. The van der Waals surface area contributed by atoms with Crippen LogP contribution in [0.4, 0.5) is 0 Å². The lowest BCUT2D eigenvalue weighted by Gasteiger charge is -2.33. The van der Waals surface area contributed by atoms with Crippen molar-refractivity contribution >= 4 is 5.91 Å². The number of hydrogen-bond donors (Lipinski definition) is 0. The predicted octanol–water partition coefficient (Wildman–Crippen LogP) is 3.03.